The summed E-state index contributed by atoms with van der Waals surface area (Å²) in [5, 5.41) is 13.7. The van der Waals surface area contributed by atoms with Gasteiger partial charge in [-0.1, -0.05) is 13.8 Å². The number of hydrogen-bond donors (Lipinski definition) is 3. The first kappa shape index (κ1) is 17.5. The van der Waals surface area contributed by atoms with Gasteiger partial charge >= 0.3 is 6.03 Å². The first-order valence-electron chi connectivity index (χ1n) is 7.75. The Labute approximate surface area is 140 Å². The molecule has 0 bridgehead atoms. The molecule has 0 aliphatic carbocycles. The second kappa shape index (κ2) is 7.62. The molecule has 4 N–H and O–H groups in total. The predicted octanol–water partition coefficient (Wildman–Crippen LogP) is 1.33. The van der Waals surface area contributed by atoms with E-state index in [4.69, 9.17) is 5.73 Å². The fraction of sp³-hybridized carbons (Fsp3) is 0.467. The summed E-state index contributed by atoms with van der Waals surface area (Å²) in [4.78, 5) is 22.9. The van der Waals surface area contributed by atoms with E-state index in [2.05, 4.69) is 34.7 Å². The zero-order valence-corrected chi connectivity index (χ0v) is 14.1. The topological polar surface area (TPSA) is 120 Å². The van der Waals surface area contributed by atoms with Crippen LogP contribution in [0.15, 0.2) is 18.5 Å². The van der Waals surface area contributed by atoms with Gasteiger partial charge in [0, 0.05) is 19.3 Å². The molecule has 9 heteroatoms. The molecule has 9 nitrogen and oxygen atoms in total. The lowest BCUT2D eigenvalue weighted by Gasteiger charge is -2.05. The van der Waals surface area contributed by atoms with Crippen molar-refractivity contribution < 1.29 is 9.59 Å². The Morgan fingerprint density at radius 2 is 2.08 bits per heavy atom. The van der Waals surface area contributed by atoms with Crippen LogP contribution in [0.4, 0.5) is 16.3 Å². The van der Waals surface area contributed by atoms with Crippen LogP contribution in [-0.4, -0.2) is 31.5 Å². The Morgan fingerprint density at radius 3 is 2.75 bits per heavy atom. The molecule has 3 amide bonds. The minimum Gasteiger partial charge on any atom is -0.368 e. The quantitative estimate of drug-likeness (QED) is 0.708. The van der Waals surface area contributed by atoms with Crippen LogP contribution in [0.2, 0.25) is 0 Å². The van der Waals surface area contributed by atoms with Crippen LogP contribution in [0.5, 0.6) is 0 Å². The summed E-state index contributed by atoms with van der Waals surface area (Å²) >= 11 is 0. The minimum atomic E-state index is -0.502. The van der Waals surface area contributed by atoms with Crippen LogP contribution in [0, 0.1) is 5.92 Å². The van der Waals surface area contributed by atoms with Crippen LogP contribution in [0.3, 0.4) is 0 Å². The number of nitrogens with one attached hydrogen (secondary N) is 2. The third kappa shape index (κ3) is 5.11. The van der Waals surface area contributed by atoms with E-state index in [0.29, 0.717) is 17.4 Å². The molecular formula is C15H23N7O2. The lowest BCUT2D eigenvalue weighted by atomic mass is 10.1. The Balaban J connectivity index is 1.92. The van der Waals surface area contributed by atoms with E-state index in [9.17, 15) is 9.59 Å². The molecule has 2 aromatic rings. The van der Waals surface area contributed by atoms with Gasteiger partial charge < -0.3 is 11.1 Å². The SMILES string of the molecule is CC(C)CCc1cc(NC(=O)Nc2cnn(CC(N)=O)c2)n(C)n1. The van der Waals surface area contributed by atoms with Crippen LogP contribution in [0.1, 0.15) is 26.0 Å². The van der Waals surface area contributed by atoms with Crippen molar-refractivity contribution in [3.05, 3.63) is 24.2 Å². The first-order chi connectivity index (χ1) is 11.3. The molecule has 2 rings (SSSR count). The molecule has 0 atom stereocenters. The van der Waals surface area contributed by atoms with E-state index in [1.165, 1.54) is 17.1 Å². The Hall–Kier alpha value is -2.84. The molecule has 0 radical (unpaired) electrons. The van der Waals surface area contributed by atoms with Crippen molar-refractivity contribution >= 4 is 23.4 Å². The van der Waals surface area contributed by atoms with E-state index in [0.717, 1.165) is 18.5 Å². The van der Waals surface area contributed by atoms with Crippen molar-refractivity contribution in [2.24, 2.45) is 18.7 Å². The van der Waals surface area contributed by atoms with E-state index in [1.54, 1.807) is 11.7 Å². The van der Waals surface area contributed by atoms with Gasteiger partial charge in [0.25, 0.3) is 0 Å². The maximum atomic E-state index is 12.0. The smallest absolute Gasteiger partial charge is 0.324 e. The van der Waals surface area contributed by atoms with Crippen molar-refractivity contribution in [2.45, 2.75) is 33.2 Å². The van der Waals surface area contributed by atoms with Gasteiger partial charge in [0.05, 0.1) is 17.6 Å². The summed E-state index contributed by atoms with van der Waals surface area (Å²) in [5.41, 5.74) is 6.50. The molecule has 0 aromatic carbocycles. The predicted molar refractivity (Wildman–Crippen MR) is 90.4 cm³/mol. The fourth-order valence-corrected chi connectivity index (χ4v) is 2.16. The molecular weight excluding hydrogens is 310 g/mol. The maximum absolute atomic E-state index is 12.0. The number of rotatable bonds is 7. The van der Waals surface area contributed by atoms with Gasteiger partial charge in [-0.3, -0.25) is 19.5 Å². The summed E-state index contributed by atoms with van der Waals surface area (Å²) in [6.45, 7) is 4.28. The molecule has 0 spiro atoms. The second-order valence-electron chi connectivity index (χ2n) is 6.05. The van der Waals surface area contributed by atoms with Crippen molar-refractivity contribution in [3.8, 4) is 0 Å². The van der Waals surface area contributed by atoms with Crippen molar-refractivity contribution in [1.29, 1.82) is 0 Å². The molecule has 0 saturated heterocycles. The number of amides is 3. The van der Waals surface area contributed by atoms with Crippen LogP contribution >= 0.6 is 0 Å². The zero-order valence-electron chi connectivity index (χ0n) is 14.1. The number of urea groups is 1. The number of nitrogens with zero attached hydrogens (tertiary/aromatic N) is 4. The first-order valence-corrected chi connectivity index (χ1v) is 7.75. The van der Waals surface area contributed by atoms with Crippen molar-refractivity contribution in [2.75, 3.05) is 10.6 Å². The van der Waals surface area contributed by atoms with Crippen molar-refractivity contribution in [3.63, 3.8) is 0 Å². The molecule has 0 fully saturated rings. The Morgan fingerprint density at radius 1 is 1.33 bits per heavy atom. The lowest BCUT2D eigenvalue weighted by Crippen LogP contribution is -2.21. The van der Waals surface area contributed by atoms with E-state index < -0.39 is 11.9 Å². The average Bonchev–Trinajstić information content (AvgIpc) is 3.03. The van der Waals surface area contributed by atoms with Crippen LogP contribution in [-0.2, 0) is 24.8 Å². The fourth-order valence-electron chi connectivity index (χ4n) is 2.16. The van der Waals surface area contributed by atoms with Crippen molar-refractivity contribution in [1.82, 2.24) is 19.6 Å². The molecule has 0 saturated carbocycles. The molecule has 0 unspecified atom stereocenters. The third-order valence-corrected chi connectivity index (χ3v) is 3.36. The molecule has 0 aliphatic heterocycles. The molecule has 24 heavy (non-hydrogen) atoms. The summed E-state index contributed by atoms with van der Waals surface area (Å²) in [6, 6.07) is 1.45. The highest BCUT2D eigenvalue weighted by atomic mass is 16.2. The highest BCUT2D eigenvalue weighted by molar-refractivity contribution is 5.99. The number of anilines is 2. The van der Waals surface area contributed by atoms with Gasteiger partial charge in [-0.15, -0.1) is 0 Å². The lowest BCUT2D eigenvalue weighted by molar-refractivity contribution is -0.118. The van der Waals surface area contributed by atoms with Gasteiger partial charge in [0.2, 0.25) is 5.91 Å². The van der Waals surface area contributed by atoms with Gasteiger partial charge in [0.15, 0.2) is 0 Å². The number of carbonyl (C=O) groups excluding carboxylic acids is 2. The normalized spacial score (nSPS) is 10.8. The third-order valence-electron chi connectivity index (χ3n) is 3.36. The molecule has 2 heterocycles. The minimum absolute atomic E-state index is 0.0375. The summed E-state index contributed by atoms with van der Waals surface area (Å²) in [6.07, 6.45) is 4.89. The maximum Gasteiger partial charge on any atom is 0.324 e. The van der Waals surface area contributed by atoms with E-state index in [1.807, 2.05) is 6.07 Å². The van der Waals surface area contributed by atoms with Gasteiger partial charge in [0.1, 0.15) is 12.4 Å². The molecule has 0 aliphatic rings. The standard InChI is InChI=1S/C15H23N7O2/c1-10(2)4-5-11-6-14(21(3)20-11)19-15(24)18-12-7-17-22(8-12)9-13(16)23/h6-8,10H,4-5,9H2,1-3H3,(H2,16,23)(H2,18,19,24). The van der Waals surface area contributed by atoms with E-state index >= 15 is 0 Å². The van der Waals surface area contributed by atoms with Crippen LogP contribution in [0.25, 0.3) is 0 Å². The Kier molecular flexibility index (Phi) is 5.56. The molecule has 2 aromatic heterocycles. The summed E-state index contributed by atoms with van der Waals surface area (Å²) in [7, 11) is 1.78. The second-order valence-corrected chi connectivity index (χ2v) is 6.05. The van der Waals surface area contributed by atoms with E-state index in [-0.39, 0.29) is 6.54 Å². The van der Waals surface area contributed by atoms with Gasteiger partial charge in [-0.05, 0) is 18.8 Å². The number of carbonyl (C=O) groups is 2. The largest absolute Gasteiger partial charge is 0.368 e. The highest BCUT2D eigenvalue weighted by Crippen LogP contribution is 2.14. The van der Waals surface area contributed by atoms with Gasteiger partial charge in [-0.2, -0.15) is 10.2 Å². The molecule has 130 valence electrons. The monoisotopic (exact) mass is 333 g/mol. The number of primary amides is 1. The number of hydrogen-bond acceptors (Lipinski definition) is 4. The summed E-state index contributed by atoms with van der Waals surface area (Å²) < 4.78 is 2.98. The number of aromatic nitrogens is 4. The summed E-state index contributed by atoms with van der Waals surface area (Å²) in [5.74, 6) is 0.706. The highest BCUT2D eigenvalue weighted by Gasteiger charge is 2.10. The number of nitrogens with two attached hydrogens (primary N) is 1. The average molecular weight is 333 g/mol. The van der Waals surface area contributed by atoms with Gasteiger partial charge in [-0.25, -0.2) is 4.79 Å². The van der Waals surface area contributed by atoms with Crippen LogP contribution < -0.4 is 16.4 Å². The Bertz CT molecular complexity index is 717. The number of aryl methyl sites for hydroxylation is 2. The zero-order chi connectivity index (χ0) is 17.7.